The molecule has 0 radical (unpaired) electrons. The average molecular weight is 244 g/mol. The first-order valence-corrected chi connectivity index (χ1v) is 6.43. The minimum atomic E-state index is -0.756. The van der Waals surface area contributed by atoms with Gasteiger partial charge in [-0.2, -0.15) is 0 Å². The monoisotopic (exact) mass is 244 g/mol. The number of hydrogen-bond donors (Lipinski definition) is 2. The maximum Gasteiger partial charge on any atom is 0.306 e. The topological polar surface area (TPSA) is 74.6 Å². The van der Waals surface area contributed by atoms with Gasteiger partial charge >= 0.3 is 11.9 Å². The van der Waals surface area contributed by atoms with E-state index in [0.29, 0.717) is 12.8 Å². The van der Waals surface area contributed by atoms with Gasteiger partial charge in [-0.1, -0.05) is 39.5 Å². The average Bonchev–Trinajstić information content (AvgIpc) is 2.26. The van der Waals surface area contributed by atoms with Crippen molar-refractivity contribution in [3.05, 3.63) is 0 Å². The van der Waals surface area contributed by atoms with Gasteiger partial charge in [0.25, 0.3) is 0 Å². The maximum absolute atomic E-state index is 11.0. The summed E-state index contributed by atoms with van der Waals surface area (Å²) in [6.07, 6.45) is 5.17. The Morgan fingerprint density at radius 2 is 1.65 bits per heavy atom. The highest BCUT2D eigenvalue weighted by Crippen LogP contribution is 2.22. The van der Waals surface area contributed by atoms with Gasteiger partial charge in [-0.25, -0.2) is 0 Å². The van der Waals surface area contributed by atoms with E-state index in [4.69, 9.17) is 10.2 Å². The van der Waals surface area contributed by atoms with Gasteiger partial charge in [0.2, 0.25) is 0 Å². The summed E-state index contributed by atoms with van der Waals surface area (Å²) < 4.78 is 0. The van der Waals surface area contributed by atoms with Crippen molar-refractivity contribution in [2.75, 3.05) is 0 Å². The first kappa shape index (κ1) is 15.9. The van der Waals surface area contributed by atoms with Crippen LogP contribution in [0.15, 0.2) is 0 Å². The highest BCUT2D eigenvalue weighted by Gasteiger charge is 2.22. The second-order valence-corrected chi connectivity index (χ2v) is 4.68. The van der Waals surface area contributed by atoms with Crippen LogP contribution in [0.1, 0.15) is 58.8 Å². The molecule has 0 aromatic carbocycles. The standard InChI is InChI=1S/C13H24O4/c1-3-10(2)11(13(16)17)8-6-4-5-7-9-12(14)15/h10-11H,3-9H2,1-2H3,(H,14,15)(H,16,17). The number of unbranched alkanes of at least 4 members (excludes halogenated alkanes) is 3. The van der Waals surface area contributed by atoms with Crippen LogP contribution < -0.4 is 0 Å². The van der Waals surface area contributed by atoms with E-state index in [9.17, 15) is 9.59 Å². The molecule has 0 spiro atoms. The zero-order valence-corrected chi connectivity index (χ0v) is 10.8. The maximum atomic E-state index is 11.0. The molecule has 0 amide bonds. The molecule has 0 aliphatic carbocycles. The SMILES string of the molecule is CCC(C)C(CCCCCCC(=O)O)C(=O)O. The van der Waals surface area contributed by atoms with Crippen LogP contribution in [0.4, 0.5) is 0 Å². The molecule has 0 rings (SSSR count). The first-order chi connectivity index (χ1) is 7.99. The summed E-state index contributed by atoms with van der Waals surface area (Å²) in [5, 5.41) is 17.5. The van der Waals surface area contributed by atoms with Crippen molar-refractivity contribution in [3.63, 3.8) is 0 Å². The second kappa shape index (κ2) is 9.02. The molecule has 0 aromatic heterocycles. The number of hydrogen-bond acceptors (Lipinski definition) is 2. The summed E-state index contributed by atoms with van der Waals surface area (Å²) in [4.78, 5) is 21.3. The van der Waals surface area contributed by atoms with Crippen molar-refractivity contribution < 1.29 is 19.8 Å². The lowest BCUT2D eigenvalue weighted by Crippen LogP contribution is -2.21. The third-order valence-corrected chi connectivity index (χ3v) is 3.30. The van der Waals surface area contributed by atoms with Gasteiger partial charge in [-0.15, -0.1) is 0 Å². The van der Waals surface area contributed by atoms with Gasteiger partial charge in [0.15, 0.2) is 0 Å². The van der Waals surface area contributed by atoms with E-state index >= 15 is 0 Å². The lowest BCUT2D eigenvalue weighted by Gasteiger charge is -2.18. The summed E-state index contributed by atoms with van der Waals surface area (Å²) in [5.74, 6) is -1.50. The fraction of sp³-hybridized carbons (Fsp3) is 0.846. The van der Waals surface area contributed by atoms with Crippen LogP contribution in [0.3, 0.4) is 0 Å². The summed E-state index contributed by atoms with van der Waals surface area (Å²) in [6, 6.07) is 0. The van der Waals surface area contributed by atoms with Crippen LogP contribution in [-0.4, -0.2) is 22.2 Å². The third-order valence-electron chi connectivity index (χ3n) is 3.30. The molecule has 0 aliphatic heterocycles. The summed E-state index contributed by atoms with van der Waals surface area (Å²) in [6.45, 7) is 3.98. The number of carboxylic acids is 2. The molecule has 4 heteroatoms. The van der Waals surface area contributed by atoms with E-state index in [1.54, 1.807) is 0 Å². The zero-order valence-electron chi connectivity index (χ0n) is 10.8. The molecular formula is C13H24O4. The Kier molecular flexibility index (Phi) is 8.46. The van der Waals surface area contributed by atoms with Crippen LogP contribution in [0.2, 0.25) is 0 Å². The van der Waals surface area contributed by atoms with Gasteiger partial charge in [0.1, 0.15) is 0 Å². The Labute approximate surface area is 103 Å². The van der Waals surface area contributed by atoms with E-state index < -0.39 is 11.9 Å². The van der Waals surface area contributed by atoms with Crippen molar-refractivity contribution in [1.29, 1.82) is 0 Å². The molecular weight excluding hydrogens is 220 g/mol. The number of rotatable bonds is 10. The fourth-order valence-corrected chi connectivity index (χ4v) is 1.93. The molecule has 0 aromatic rings. The fourth-order valence-electron chi connectivity index (χ4n) is 1.93. The van der Waals surface area contributed by atoms with Crippen LogP contribution in [0.5, 0.6) is 0 Å². The largest absolute Gasteiger partial charge is 0.481 e. The third kappa shape index (κ3) is 7.77. The molecule has 17 heavy (non-hydrogen) atoms. The molecule has 2 unspecified atom stereocenters. The smallest absolute Gasteiger partial charge is 0.306 e. The molecule has 0 aliphatic rings. The van der Waals surface area contributed by atoms with Crippen molar-refractivity contribution in [3.8, 4) is 0 Å². The zero-order chi connectivity index (χ0) is 13.3. The van der Waals surface area contributed by atoms with Crippen molar-refractivity contribution in [2.45, 2.75) is 58.8 Å². The quantitative estimate of drug-likeness (QED) is 0.579. The van der Waals surface area contributed by atoms with Gasteiger partial charge in [-0.05, 0) is 18.8 Å². The highest BCUT2D eigenvalue weighted by molar-refractivity contribution is 5.70. The summed E-state index contributed by atoms with van der Waals surface area (Å²) in [5.41, 5.74) is 0. The van der Waals surface area contributed by atoms with Gasteiger partial charge in [0.05, 0.1) is 5.92 Å². The predicted octanol–water partition coefficient (Wildman–Crippen LogP) is 3.16. The Hall–Kier alpha value is -1.06. The Balaban J connectivity index is 3.69. The second-order valence-electron chi connectivity index (χ2n) is 4.68. The molecule has 0 bridgehead atoms. The first-order valence-electron chi connectivity index (χ1n) is 6.43. The molecule has 2 atom stereocenters. The molecule has 2 N–H and O–H groups in total. The van der Waals surface area contributed by atoms with Crippen molar-refractivity contribution >= 4 is 11.9 Å². The Morgan fingerprint density at radius 1 is 1.06 bits per heavy atom. The van der Waals surface area contributed by atoms with Crippen molar-refractivity contribution in [1.82, 2.24) is 0 Å². The van der Waals surface area contributed by atoms with Gasteiger partial charge in [0, 0.05) is 6.42 Å². The van der Waals surface area contributed by atoms with E-state index in [-0.39, 0.29) is 18.3 Å². The minimum absolute atomic E-state index is 0.214. The summed E-state index contributed by atoms with van der Waals surface area (Å²) in [7, 11) is 0. The van der Waals surface area contributed by atoms with Crippen LogP contribution >= 0.6 is 0 Å². The van der Waals surface area contributed by atoms with Crippen LogP contribution in [-0.2, 0) is 9.59 Å². The Bertz CT molecular complexity index is 238. The molecule has 0 heterocycles. The van der Waals surface area contributed by atoms with E-state index in [0.717, 1.165) is 25.7 Å². The highest BCUT2D eigenvalue weighted by atomic mass is 16.4. The molecule has 100 valence electrons. The van der Waals surface area contributed by atoms with E-state index in [1.165, 1.54) is 0 Å². The molecule has 0 saturated heterocycles. The number of aliphatic carboxylic acids is 2. The molecule has 0 saturated carbocycles. The minimum Gasteiger partial charge on any atom is -0.481 e. The molecule has 0 fully saturated rings. The van der Waals surface area contributed by atoms with Crippen molar-refractivity contribution in [2.24, 2.45) is 11.8 Å². The predicted molar refractivity (Wildman–Crippen MR) is 65.9 cm³/mol. The van der Waals surface area contributed by atoms with Crippen LogP contribution in [0, 0.1) is 11.8 Å². The van der Waals surface area contributed by atoms with E-state index in [1.807, 2.05) is 13.8 Å². The lowest BCUT2D eigenvalue weighted by atomic mass is 9.87. The van der Waals surface area contributed by atoms with Gasteiger partial charge < -0.3 is 10.2 Å². The van der Waals surface area contributed by atoms with Gasteiger partial charge in [-0.3, -0.25) is 9.59 Å². The lowest BCUT2D eigenvalue weighted by molar-refractivity contribution is -0.144. The number of carbonyl (C=O) groups is 2. The number of carboxylic acid groups (broad SMARTS) is 2. The van der Waals surface area contributed by atoms with E-state index in [2.05, 4.69) is 0 Å². The Morgan fingerprint density at radius 3 is 2.12 bits per heavy atom. The molecule has 4 nitrogen and oxygen atoms in total. The van der Waals surface area contributed by atoms with Crippen LogP contribution in [0.25, 0.3) is 0 Å². The summed E-state index contributed by atoms with van der Waals surface area (Å²) >= 11 is 0. The normalized spacial score (nSPS) is 14.2.